The standard InChI is InChI=1S/C12H15NO2S/c14-10-6-2-1-3-7-11(10)16(15)12-8-4-5-9-13-12/h4-5,8-9,11H,1-3,6-7H2. The highest BCUT2D eigenvalue weighted by Crippen LogP contribution is 2.21. The van der Waals surface area contributed by atoms with E-state index in [0.717, 1.165) is 25.7 Å². The zero-order valence-electron chi connectivity index (χ0n) is 9.09. The highest BCUT2D eigenvalue weighted by molar-refractivity contribution is 7.86. The van der Waals surface area contributed by atoms with E-state index in [1.807, 2.05) is 0 Å². The molecule has 1 aliphatic rings. The molecule has 1 heterocycles. The minimum absolute atomic E-state index is 0.140. The molecule has 16 heavy (non-hydrogen) atoms. The van der Waals surface area contributed by atoms with Crippen LogP contribution in [-0.4, -0.2) is 20.2 Å². The van der Waals surface area contributed by atoms with Crippen LogP contribution in [0.25, 0.3) is 0 Å². The number of aromatic nitrogens is 1. The molecule has 1 saturated carbocycles. The van der Waals surface area contributed by atoms with Crippen LogP contribution in [0, 0.1) is 0 Å². The first-order valence-corrected chi connectivity index (χ1v) is 6.84. The quantitative estimate of drug-likeness (QED) is 0.740. The SMILES string of the molecule is O=C1CCCCCC1S(=O)c1ccccn1. The molecule has 0 bridgehead atoms. The summed E-state index contributed by atoms with van der Waals surface area (Å²) in [5.41, 5.74) is 0. The molecule has 1 aromatic heterocycles. The number of hydrogen-bond acceptors (Lipinski definition) is 3. The molecule has 2 rings (SSSR count). The Bertz CT molecular complexity index is 391. The average molecular weight is 237 g/mol. The van der Waals surface area contributed by atoms with Crippen LogP contribution < -0.4 is 0 Å². The predicted octanol–water partition coefficient (Wildman–Crippen LogP) is 2.09. The van der Waals surface area contributed by atoms with Crippen molar-refractivity contribution in [2.24, 2.45) is 0 Å². The van der Waals surface area contributed by atoms with Crippen molar-refractivity contribution < 1.29 is 9.00 Å². The van der Waals surface area contributed by atoms with Gasteiger partial charge in [-0.15, -0.1) is 0 Å². The van der Waals surface area contributed by atoms with E-state index >= 15 is 0 Å². The van der Waals surface area contributed by atoms with E-state index in [2.05, 4.69) is 4.98 Å². The number of pyridine rings is 1. The third-order valence-electron chi connectivity index (χ3n) is 2.85. The first-order chi connectivity index (χ1) is 7.79. The molecule has 0 aliphatic heterocycles. The molecule has 3 nitrogen and oxygen atoms in total. The van der Waals surface area contributed by atoms with Gasteiger partial charge in [-0.25, -0.2) is 4.98 Å². The van der Waals surface area contributed by atoms with Crippen molar-refractivity contribution in [3.05, 3.63) is 24.4 Å². The van der Waals surface area contributed by atoms with Crippen LogP contribution in [-0.2, 0) is 15.6 Å². The smallest absolute Gasteiger partial charge is 0.148 e. The summed E-state index contributed by atoms with van der Waals surface area (Å²) in [6, 6.07) is 5.32. The fourth-order valence-corrected chi connectivity index (χ4v) is 3.37. The molecule has 1 aliphatic carbocycles. The summed E-state index contributed by atoms with van der Waals surface area (Å²) in [5.74, 6) is 0.140. The number of nitrogens with zero attached hydrogens (tertiary/aromatic N) is 1. The fraction of sp³-hybridized carbons (Fsp3) is 0.500. The maximum atomic E-state index is 12.2. The van der Waals surface area contributed by atoms with E-state index in [4.69, 9.17) is 0 Å². The van der Waals surface area contributed by atoms with Crippen LogP contribution in [0.1, 0.15) is 32.1 Å². The molecule has 0 amide bonds. The van der Waals surface area contributed by atoms with Crippen LogP contribution >= 0.6 is 0 Å². The number of hydrogen-bond donors (Lipinski definition) is 0. The topological polar surface area (TPSA) is 47.0 Å². The van der Waals surface area contributed by atoms with Crippen molar-refractivity contribution in [1.82, 2.24) is 4.98 Å². The molecule has 0 saturated heterocycles. The summed E-state index contributed by atoms with van der Waals surface area (Å²) in [4.78, 5) is 15.9. The average Bonchev–Trinajstić information content (AvgIpc) is 2.54. The lowest BCUT2D eigenvalue weighted by atomic mass is 10.2. The molecule has 0 aromatic carbocycles. The Kier molecular flexibility index (Phi) is 3.83. The third-order valence-corrected chi connectivity index (χ3v) is 4.52. The largest absolute Gasteiger partial charge is 0.298 e. The number of carbonyl (C=O) groups excluding carboxylic acids is 1. The number of carbonyl (C=O) groups is 1. The zero-order valence-corrected chi connectivity index (χ0v) is 9.91. The van der Waals surface area contributed by atoms with Gasteiger partial charge in [0.25, 0.3) is 0 Å². The maximum Gasteiger partial charge on any atom is 0.148 e. The third kappa shape index (κ3) is 2.55. The molecule has 2 atom stereocenters. The molecule has 0 N–H and O–H groups in total. The van der Waals surface area contributed by atoms with E-state index in [9.17, 15) is 9.00 Å². The first kappa shape index (κ1) is 11.5. The van der Waals surface area contributed by atoms with Crippen LogP contribution in [0.3, 0.4) is 0 Å². The second kappa shape index (κ2) is 5.34. The molecule has 86 valence electrons. The second-order valence-electron chi connectivity index (χ2n) is 4.02. The van der Waals surface area contributed by atoms with Crippen molar-refractivity contribution in [1.29, 1.82) is 0 Å². The number of Topliss-reactive ketones (excluding diaryl/α,β-unsaturated/α-hetero) is 1. The van der Waals surface area contributed by atoms with Gasteiger partial charge >= 0.3 is 0 Å². The van der Waals surface area contributed by atoms with Crippen molar-refractivity contribution in [2.45, 2.75) is 42.4 Å². The molecule has 0 spiro atoms. The summed E-state index contributed by atoms with van der Waals surface area (Å²) in [5, 5.41) is 0.195. The molecule has 1 fully saturated rings. The monoisotopic (exact) mass is 237 g/mol. The Labute approximate surface area is 97.7 Å². The van der Waals surface area contributed by atoms with Gasteiger partial charge in [0.2, 0.25) is 0 Å². The van der Waals surface area contributed by atoms with Crippen LogP contribution in [0.4, 0.5) is 0 Å². The first-order valence-electron chi connectivity index (χ1n) is 5.63. The fourth-order valence-electron chi connectivity index (χ4n) is 1.97. The maximum absolute atomic E-state index is 12.2. The normalized spacial score (nSPS) is 23.8. The predicted molar refractivity (Wildman–Crippen MR) is 62.5 cm³/mol. The zero-order chi connectivity index (χ0) is 11.4. The van der Waals surface area contributed by atoms with E-state index < -0.39 is 10.8 Å². The van der Waals surface area contributed by atoms with Gasteiger partial charge in [0, 0.05) is 12.6 Å². The van der Waals surface area contributed by atoms with Gasteiger partial charge < -0.3 is 0 Å². The van der Waals surface area contributed by atoms with Gasteiger partial charge in [-0.3, -0.25) is 9.00 Å². The van der Waals surface area contributed by atoms with Gasteiger partial charge in [-0.05, 0) is 25.0 Å². The van der Waals surface area contributed by atoms with Crippen LogP contribution in [0.2, 0.25) is 0 Å². The molecule has 1 aromatic rings. The second-order valence-corrected chi connectivity index (χ2v) is 5.60. The van der Waals surface area contributed by atoms with Gasteiger partial charge in [0.15, 0.2) is 0 Å². The van der Waals surface area contributed by atoms with Gasteiger partial charge in [0.1, 0.15) is 10.8 Å². The van der Waals surface area contributed by atoms with E-state index in [1.54, 1.807) is 24.4 Å². The van der Waals surface area contributed by atoms with Crippen molar-refractivity contribution in [3.63, 3.8) is 0 Å². The highest BCUT2D eigenvalue weighted by Gasteiger charge is 2.27. The lowest BCUT2D eigenvalue weighted by Crippen LogP contribution is -2.25. The van der Waals surface area contributed by atoms with E-state index in [-0.39, 0.29) is 11.0 Å². The van der Waals surface area contributed by atoms with Crippen molar-refractivity contribution >= 4 is 16.6 Å². The summed E-state index contributed by atoms with van der Waals surface area (Å²) >= 11 is 0. The minimum Gasteiger partial charge on any atom is -0.298 e. The van der Waals surface area contributed by atoms with Crippen LogP contribution in [0.15, 0.2) is 29.4 Å². The Balaban J connectivity index is 2.17. The Morgan fingerprint density at radius 2 is 2.12 bits per heavy atom. The van der Waals surface area contributed by atoms with Crippen molar-refractivity contribution in [2.75, 3.05) is 0 Å². The summed E-state index contributed by atoms with van der Waals surface area (Å²) < 4.78 is 12.2. The van der Waals surface area contributed by atoms with Gasteiger partial charge in [-0.2, -0.15) is 0 Å². The van der Waals surface area contributed by atoms with E-state index in [1.165, 1.54) is 0 Å². The molecule has 2 unspecified atom stereocenters. The lowest BCUT2D eigenvalue weighted by Gasteiger charge is -2.11. The molecular formula is C12H15NO2S. The Morgan fingerprint density at radius 3 is 2.88 bits per heavy atom. The molecular weight excluding hydrogens is 222 g/mol. The lowest BCUT2D eigenvalue weighted by molar-refractivity contribution is -0.118. The molecule has 0 radical (unpaired) electrons. The van der Waals surface area contributed by atoms with Crippen molar-refractivity contribution in [3.8, 4) is 0 Å². The van der Waals surface area contributed by atoms with Gasteiger partial charge in [0.05, 0.1) is 16.0 Å². The number of rotatable bonds is 2. The summed E-state index contributed by atoms with van der Waals surface area (Å²) in [6.07, 6.45) is 5.94. The Hall–Kier alpha value is -1.03. The molecule has 4 heteroatoms. The Morgan fingerprint density at radius 1 is 1.25 bits per heavy atom. The van der Waals surface area contributed by atoms with E-state index in [0.29, 0.717) is 11.4 Å². The van der Waals surface area contributed by atoms with Gasteiger partial charge in [-0.1, -0.05) is 18.9 Å². The number of ketones is 1. The van der Waals surface area contributed by atoms with Crippen LogP contribution in [0.5, 0.6) is 0 Å². The highest BCUT2D eigenvalue weighted by atomic mass is 32.2. The summed E-state index contributed by atoms with van der Waals surface area (Å²) in [7, 11) is -1.27. The summed E-state index contributed by atoms with van der Waals surface area (Å²) in [6.45, 7) is 0. The minimum atomic E-state index is -1.27.